The van der Waals surface area contributed by atoms with Gasteiger partial charge in [-0.2, -0.15) is 0 Å². The lowest BCUT2D eigenvalue weighted by atomic mass is 9.89. The van der Waals surface area contributed by atoms with Crippen molar-refractivity contribution in [3.63, 3.8) is 0 Å². The van der Waals surface area contributed by atoms with E-state index in [0.29, 0.717) is 13.0 Å². The second kappa shape index (κ2) is 50.4. The number of carbonyl (C=O) groups excluding carboxylic acids is 8. The fraction of sp³-hybridized carbons (Fsp3) is 0.797. The Kier molecular flexibility index (Phi) is 44.2. The van der Waals surface area contributed by atoms with Gasteiger partial charge in [0.25, 0.3) is 0 Å². The number of nitrogens with one attached hydrogen (secondary N) is 3. The Balaban J connectivity index is 1.80. The number of amides is 5. The van der Waals surface area contributed by atoms with Crippen LogP contribution in [0.15, 0.2) is 25.0 Å². The third-order valence-electron chi connectivity index (χ3n) is 17.4. The van der Waals surface area contributed by atoms with Crippen LogP contribution < -0.4 is 73.3 Å². The molecule has 3 aliphatic rings. The molecule has 0 aromatic carbocycles. The van der Waals surface area contributed by atoms with E-state index in [1.807, 2.05) is 0 Å². The van der Waals surface area contributed by atoms with E-state index in [1.54, 1.807) is 51.4 Å². The van der Waals surface area contributed by atoms with Crippen molar-refractivity contribution in [2.75, 3.05) is 173 Å². The van der Waals surface area contributed by atoms with Crippen molar-refractivity contribution in [1.82, 2.24) is 44.4 Å². The summed E-state index contributed by atoms with van der Waals surface area (Å²) in [6.07, 6.45) is -2.83. The zero-order valence-electron chi connectivity index (χ0n) is 63.9. The summed E-state index contributed by atoms with van der Waals surface area (Å²) in [5, 5.41) is 17.1. The van der Waals surface area contributed by atoms with E-state index >= 15 is 4.57 Å². The molecule has 44 heteroatoms. The Labute approximate surface area is 633 Å². The van der Waals surface area contributed by atoms with E-state index in [9.17, 15) is 42.9 Å². The molecule has 0 radical (unpaired) electrons. The fourth-order valence-electron chi connectivity index (χ4n) is 12.1. The van der Waals surface area contributed by atoms with Crippen LogP contribution in [0, 0.1) is 17.8 Å². The van der Waals surface area contributed by atoms with Gasteiger partial charge in [0, 0.05) is 122 Å². The number of rotatable bonds is 53. The maximum Gasteiger partial charge on any atom is 0.409 e. The standard InChI is InChI=1S/C64H124N24O18P2/c1-43(90)33-46(13-8-18-75-59(65)66)57(95)81-52(17-12-22-79-63(73)74)54(92)35-48(15-10-20-77-61(69)70)58(96)82-51(16-11-21-78-62(71)72)53(91)34-47(14-9-19-76-60(67)68)56(94)80-36-55(93)86-37-44(2)105-49(39-86)41-104-108(99,84(6)7)88-38-45(3)106-50(40-88)42-103-107(98,83(4)5)87-25-23-85(24-26-87)64(97)102-32-31-101-30-29-100-28-27-89/h44-52,89H,8-42H2,1-7H3,(H,80,94)(H,81,95)(H,82,96)(H4,65,66,75)(H4,67,68,76)(H4,69,70,77)(H4,71,72,78)(H4,73,74,79)/t44-,45-,46+,47+,48+,49-,50-,51-,52-,107?,108?/m0/s1. The number of guanidine groups is 5. The van der Waals surface area contributed by atoms with Crippen LogP contribution in [-0.4, -0.2) is 320 Å². The molecule has 2 unspecified atom stereocenters. The summed E-state index contributed by atoms with van der Waals surface area (Å²) < 4.78 is 77.0. The van der Waals surface area contributed by atoms with Crippen LogP contribution in [0.25, 0.3) is 0 Å². The first-order valence-corrected chi connectivity index (χ1v) is 39.5. The minimum atomic E-state index is -3.88. The number of ketones is 3. The Morgan fingerprint density at radius 3 is 1.31 bits per heavy atom. The van der Waals surface area contributed by atoms with Crippen LogP contribution in [0.3, 0.4) is 0 Å². The normalized spacial score (nSPS) is 19.5. The van der Waals surface area contributed by atoms with Crippen molar-refractivity contribution in [1.29, 1.82) is 0 Å². The average Bonchev–Trinajstić information content (AvgIpc) is 0.794. The van der Waals surface area contributed by atoms with E-state index < -0.39 is 130 Å². The van der Waals surface area contributed by atoms with Crippen molar-refractivity contribution in [3.05, 3.63) is 0 Å². The topological polar surface area (TPSA) is 633 Å². The summed E-state index contributed by atoms with van der Waals surface area (Å²) in [5.41, 5.74) is 55.8. The van der Waals surface area contributed by atoms with Gasteiger partial charge in [0.05, 0.1) is 89.3 Å². The summed E-state index contributed by atoms with van der Waals surface area (Å²) in [6.45, 7) is 6.43. The Morgan fingerprint density at radius 1 is 0.500 bits per heavy atom. The first-order chi connectivity index (χ1) is 51.1. The van der Waals surface area contributed by atoms with Crippen molar-refractivity contribution < 1.29 is 85.3 Å². The molecule has 3 saturated heterocycles. The molecule has 11 atom stereocenters. The highest BCUT2D eigenvalue weighted by Crippen LogP contribution is 2.55. The number of nitrogens with zero attached hydrogens (tertiary/aromatic N) is 11. The van der Waals surface area contributed by atoms with Gasteiger partial charge < -0.3 is 126 Å². The van der Waals surface area contributed by atoms with E-state index in [4.69, 9.17) is 95.2 Å². The number of piperazine rings is 1. The van der Waals surface area contributed by atoms with Gasteiger partial charge in [-0.05, 0) is 113 Å². The molecule has 0 bridgehead atoms. The summed E-state index contributed by atoms with van der Waals surface area (Å²) in [5.74, 6) is -8.09. The van der Waals surface area contributed by atoms with E-state index in [2.05, 4.69) is 40.9 Å². The quantitative estimate of drug-likeness (QED) is 0.0119. The summed E-state index contributed by atoms with van der Waals surface area (Å²) in [4.78, 5) is 135. The molecule has 618 valence electrons. The molecule has 3 aliphatic heterocycles. The fourth-order valence-corrected chi connectivity index (χ4v) is 16.1. The van der Waals surface area contributed by atoms with Gasteiger partial charge in [0.2, 0.25) is 23.6 Å². The van der Waals surface area contributed by atoms with Gasteiger partial charge in [-0.1, -0.05) is 0 Å². The number of aliphatic hydroxyl groups is 1. The van der Waals surface area contributed by atoms with E-state index in [-0.39, 0.29) is 231 Å². The molecule has 0 aliphatic carbocycles. The van der Waals surface area contributed by atoms with Crippen LogP contribution in [0.4, 0.5) is 4.79 Å². The van der Waals surface area contributed by atoms with Gasteiger partial charge in [-0.3, -0.25) is 62.9 Å². The van der Waals surface area contributed by atoms with Gasteiger partial charge >= 0.3 is 21.4 Å². The zero-order chi connectivity index (χ0) is 80.5. The number of aliphatic imine (C=N–C) groups is 5. The minimum absolute atomic E-state index is 0.0120. The zero-order valence-corrected chi connectivity index (χ0v) is 65.7. The number of hydrogen-bond acceptors (Lipinski definition) is 23. The number of carbonyl (C=O) groups is 8. The molecule has 5 amide bonds. The summed E-state index contributed by atoms with van der Waals surface area (Å²) >= 11 is 0. The lowest BCUT2D eigenvalue weighted by Crippen LogP contribution is -2.53. The van der Waals surface area contributed by atoms with Crippen molar-refractivity contribution >= 4 is 92.2 Å². The maximum atomic E-state index is 15.1. The predicted octanol–water partition coefficient (Wildman–Crippen LogP) is -4.06. The summed E-state index contributed by atoms with van der Waals surface area (Å²) in [6, 6.07) is -2.49. The highest BCUT2D eigenvalue weighted by Gasteiger charge is 2.45. The molecular formula is C64H124N24O18P2. The molecule has 24 N–H and O–H groups in total. The molecule has 3 heterocycles. The molecule has 0 aromatic rings. The van der Waals surface area contributed by atoms with Crippen molar-refractivity contribution in [2.45, 2.75) is 141 Å². The third-order valence-corrected chi connectivity index (χ3v) is 22.6. The number of hydrogen-bond donors (Lipinski definition) is 14. The van der Waals surface area contributed by atoms with Crippen LogP contribution >= 0.6 is 15.3 Å². The van der Waals surface area contributed by atoms with Crippen molar-refractivity contribution in [2.24, 2.45) is 100 Å². The van der Waals surface area contributed by atoms with Gasteiger partial charge in [-0.25, -0.2) is 23.5 Å². The third kappa shape index (κ3) is 36.4. The second-order valence-corrected chi connectivity index (χ2v) is 32.2. The lowest BCUT2D eigenvalue weighted by molar-refractivity contribution is -0.147. The number of morpholine rings is 2. The monoisotopic (exact) mass is 1580 g/mol. The second-order valence-electron chi connectivity index (χ2n) is 27.0. The molecule has 0 spiro atoms. The van der Waals surface area contributed by atoms with E-state index in [0.717, 1.165) is 0 Å². The Morgan fingerprint density at radius 2 is 0.889 bits per heavy atom. The molecular weight excluding hydrogens is 1450 g/mol. The Hall–Kier alpha value is -7.47. The highest BCUT2D eigenvalue weighted by molar-refractivity contribution is 7.54. The highest BCUT2D eigenvalue weighted by atomic mass is 31.2. The predicted molar refractivity (Wildman–Crippen MR) is 406 cm³/mol. The van der Waals surface area contributed by atoms with Gasteiger partial charge in [0.1, 0.15) is 12.4 Å². The molecule has 0 saturated carbocycles. The van der Waals surface area contributed by atoms with Crippen LogP contribution in [0.1, 0.15) is 104 Å². The van der Waals surface area contributed by atoms with Gasteiger partial charge in [-0.15, -0.1) is 0 Å². The SMILES string of the molecule is CC(=O)C[C@@H](CCCN=C(N)N)C(=O)N[C@@H](CCCN=C(N)N)C(=O)C[C@@H](CCCN=C(N)N)C(=O)N[C@@H](CCCN=C(N)N)C(=O)C[C@@H](CCCN=C(N)N)C(=O)NCC(=O)N1C[C@@H](COP(=O)(N(C)C)N2C[C@@H](COP(=O)(N(C)C)N3CCN(C(=O)OCCOCCOCCO)CC3)O[C@@H](C)C2)O[C@@H](C)C1. The van der Waals surface area contributed by atoms with Gasteiger partial charge in [0.15, 0.2) is 41.4 Å². The molecule has 108 heavy (non-hydrogen) atoms. The number of Topliss-reactive ketones (excluding diaryl/α,β-unsaturated/α-hetero) is 3. The van der Waals surface area contributed by atoms with Crippen molar-refractivity contribution in [3.8, 4) is 0 Å². The average molecular weight is 1580 g/mol. The minimum Gasteiger partial charge on any atom is -0.447 e. The van der Waals surface area contributed by atoms with Crippen LogP contribution in [0.2, 0.25) is 0 Å². The smallest absolute Gasteiger partial charge is 0.409 e. The number of nitrogens with two attached hydrogens (primary N) is 10. The molecule has 3 rings (SSSR count). The largest absolute Gasteiger partial charge is 0.447 e. The Bertz CT molecular complexity index is 3070. The van der Waals surface area contributed by atoms with E-state index in [1.165, 1.54) is 26.1 Å². The molecule has 42 nitrogen and oxygen atoms in total. The number of aliphatic hydroxyl groups excluding tert-OH is 1. The maximum absolute atomic E-state index is 15.1. The summed E-state index contributed by atoms with van der Waals surface area (Å²) in [7, 11) is -1.09. The first kappa shape index (κ1) is 94.7. The lowest BCUT2D eigenvalue weighted by Gasteiger charge is -2.44. The number of ether oxygens (including phenoxy) is 5. The van der Waals surface area contributed by atoms with Crippen LogP contribution in [0.5, 0.6) is 0 Å². The van der Waals surface area contributed by atoms with Crippen LogP contribution in [-0.2, 0) is 75.4 Å². The first-order valence-electron chi connectivity index (χ1n) is 36.4. The molecule has 3 fully saturated rings. The molecule has 0 aromatic heterocycles.